The van der Waals surface area contributed by atoms with Gasteiger partial charge in [-0.15, -0.1) is 0 Å². The molecule has 5 heteroatoms. The average molecular weight is 284 g/mol. The Morgan fingerprint density at radius 1 is 1.26 bits per heavy atom. The van der Waals surface area contributed by atoms with Gasteiger partial charge >= 0.3 is 5.97 Å². The van der Waals surface area contributed by atoms with Crippen LogP contribution in [0.25, 0.3) is 0 Å². The summed E-state index contributed by atoms with van der Waals surface area (Å²) in [6.45, 7) is 4.98. The maximum absolute atomic E-state index is 11.7. The number of sulfone groups is 1. The number of rotatable bonds is 5. The molecule has 1 N–H and O–H groups in total. The highest BCUT2D eigenvalue weighted by atomic mass is 32.2. The molecule has 0 aliphatic heterocycles. The van der Waals surface area contributed by atoms with Gasteiger partial charge in [0.25, 0.3) is 0 Å². The molecule has 4 nitrogen and oxygen atoms in total. The molecule has 0 aliphatic rings. The van der Waals surface area contributed by atoms with Crippen LogP contribution >= 0.6 is 0 Å². The molecule has 106 valence electrons. The Morgan fingerprint density at radius 2 is 1.74 bits per heavy atom. The lowest BCUT2D eigenvalue weighted by Crippen LogP contribution is -2.28. The van der Waals surface area contributed by atoms with Crippen molar-refractivity contribution in [2.45, 2.75) is 31.9 Å². The largest absolute Gasteiger partial charge is 0.481 e. The minimum atomic E-state index is -3.20. The molecule has 0 spiro atoms. The van der Waals surface area contributed by atoms with Crippen molar-refractivity contribution in [1.29, 1.82) is 0 Å². The molecule has 0 fully saturated rings. The molecule has 0 heterocycles. The van der Waals surface area contributed by atoms with Crippen molar-refractivity contribution in [3.05, 3.63) is 35.4 Å². The van der Waals surface area contributed by atoms with Gasteiger partial charge < -0.3 is 5.11 Å². The van der Waals surface area contributed by atoms with Crippen molar-refractivity contribution < 1.29 is 18.3 Å². The van der Waals surface area contributed by atoms with Gasteiger partial charge in [-0.1, -0.05) is 31.2 Å². The third-order valence-corrected chi connectivity index (χ3v) is 5.63. The zero-order valence-corrected chi connectivity index (χ0v) is 12.5. The lowest BCUT2D eigenvalue weighted by molar-refractivity contribution is -0.141. The van der Waals surface area contributed by atoms with E-state index in [-0.39, 0.29) is 0 Å². The Morgan fingerprint density at radius 3 is 2.11 bits per heavy atom. The summed E-state index contributed by atoms with van der Waals surface area (Å²) in [5.74, 6) is -1.28. The van der Waals surface area contributed by atoms with Gasteiger partial charge in [0.05, 0.1) is 10.7 Å². The molecule has 1 rings (SSSR count). The van der Waals surface area contributed by atoms with Crippen LogP contribution in [0.4, 0.5) is 0 Å². The van der Waals surface area contributed by atoms with Gasteiger partial charge in [0.15, 0.2) is 9.84 Å². The van der Waals surface area contributed by atoms with Gasteiger partial charge in [-0.05, 0) is 31.4 Å². The maximum atomic E-state index is 11.7. The fraction of sp³-hybridized carbons (Fsp3) is 0.500. The molecule has 1 aromatic rings. The topological polar surface area (TPSA) is 71.4 Å². The van der Waals surface area contributed by atoms with Gasteiger partial charge in [0.2, 0.25) is 0 Å². The molecule has 0 amide bonds. The first-order chi connectivity index (χ1) is 8.55. The molecule has 0 saturated carbocycles. The summed E-state index contributed by atoms with van der Waals surface area (Å²) >= 11 is 0. The SMILES string of the molecule is CC(Cc1ccc(C(C)(C)S(C)(=O)=O)cc1)C(=O)O. The molecule has 1 aromatic carbocycles. The molecule has 0 saturated heterocycles. The summed E-state index contributed by atoms with van der Waals surface area (Å²) in [7, 11) is -3.20. The van der Waals surface area contributed by atoms with E-state index in [4.69, 9.17) is 5.11 Å². The van der Waals surface area contributed by atoms with Crippen LogP contribution in [0.3, 0.4) is 0 Å². The number of carbonyl (C=O) groups is 1. The number of carboxylic acids is 1. The van der Waals surface area contributed by atoms with Crippen LogP contribution in [0, 0.1) is 5.92 Å². The Labute approximate surface area is 114 Å². The van der Waals surface area contributed by atoms with Crippen LogP contribution in [0.5, 0.6) is 0 Å². The van der Waals surface area contributed by atoms with E-state index < -0.39 is 26.5 Å². The van der Waals surface area contributed by atoms with E-state index in [1.807, 2.05) is 0 Å². The second-order valence-electron chi connectivity index (χ2n) is 5.42. The van der Waals surface area contributed by atoms with Gasteiger partial charge in [-0.2, -0.15) is 0 Å². The Bertz CT molecular complexity index is 556. The lowest BCUT2D eigenvalue weighted by atomic mass is 9.96. The van der Waals surface area contributed by atoms with Crippen molar-refractivity contribution in [2.75, 3.05) is 6.26 Å². The third-order valence-electron chi connectivity index (χ3n) is 3.54. The van der Waals surface area contributed by atoms with E-state index >= 15 is 0 Å². The smallest absolute Gasteiger partial charge is 0.306 e. The molecule has 0 bridgehead atoms. The highest BCUT2D eigenvalue weighted by Crippen LogP contribution is 2.29. The summed E-state index contributed by atoms with van der Waals surface area (Å²) in [5.41, 5.74) is 1.60. The van der Waals surface area contributed by atoms with E-state index in [0.29, 0.717) is 12.0 Å². The minimum Gasteiger partial charge on any atom is -0.481 e. The molecule has 19 heavy (non-hydrogen) atoms. The van der Waals surface area contributed by atoms with Crippen molar-refractivity contribution in [3.8, 4) is 0 Å². The quantitative estimate of drug-likeness (QED) is 0.900. The summed E-state index contributed by atoms with van der Waals surface area (Å²) in [6, 6.07) is 7.10. The monoisotopic (exact) mass is 284 g/mol. The fourth-order valence-electron chi connectivity index (χ4n) is 1.70. The van der Waals surface area contributed by atoms with Crippen molar-refractivity contribution >= 4 is 15.8 Å². The highest BCUT2D eigenvalue weighted by Gasteiger charge is 2.32. The third kappa shape index (κ3) is 3.56. The Kier molecular flexibility index (Phi) is 4.40. The molecule has 1 atom stereocenters. The molecule has 0 aromatic heterocycles. The molecular formula is C14H20O4S. The van der Waals surface area contributed by atoms with Crippen LogP contribution in [0.1, 0.15) is 31.9 Å². The summed E-state index contributed by atoms with van der Waals surface area (Å²) in [5, 5.41) is 8.85. The maximum Gasteiger partial charge on any atom is 0.306 e. The van der Waals surface area contributed by atoms with Crippen LogP contribution in [0.2, 0.25) is 0 Å². The Hall–Kier alpha value is -1.36. The summed E-state index contributed by atoms with van der Waals surface area (Å²) in [6.07, 6.45) is 1.66. The van der Waals surface area contributed by atoms with E-state index in [2.05, 4.69) is 0 Å². The molecule has 1 unspecified atom stereocenters. The van der Waals surface area contributed by atoms with Gasteiger partial charge in [-0.3, -0.25) is 4.79 Å². The van der Waals surface area contributed by atoms with E-state index in [1.165, 1.54) is 6.26 Å². The Balaban J connectivity index is 2.98. The van der Waals surface area contributed by atoms with Gasteiger partial charge in [0, 0.05) is 6.26 Å². The first-order valence-electron chi connectivity index (χ1n) is 6.07. The van der Waals surface area contributed by atoms with E-state index in [0.717, 1.165) is 5.56 Å². The predicted molar refractivity (Wildman–Crippen MR) is 74.8 cm³/mol. The van der Waals surface area contributed by atoms with Crippen molar-refractivity contribution in [3.63, 3.8) is 0 Å². The van der Waals surface area contributed by atoms with E-state index in [9.17, 15) is 13.2 Å². The van der Waals surface area contributed by atoms with Crippen molar-refractivity contribution in [1.82, 2.24) is 0 Å². The van der Waals surface area contributed by atoms with Crippen LogP contribution in [-0.2, 0) is 25.8 Å². The fourth-order valence-corrected chi connectivity index (χ4v) is 2.26. The molecular weight excluding hydrogens is 264 g/mol. The number of carboxylic acid groups (broad SMARTS) is 1. The second kappa shape index (κ2) is 5.33. The normalized spacial score (nSPS) is 14.1. The second-order valence-corrected chi connectivity index (χ2v) is 7.99. The van der Waals surface area contributed by atoms with Gasteiger partial charge in [-0.25, -0.2) is 8.42 Å². The van der Waals surface area contributed by atoms with Crippen LogP contribution in [-0.4, -0.2) is 25.7 Å². The van der Waals surface area contributed by atoms with E-state index in [1.54, 1.807) is 45.0 Å². The summed E-state index contributed by atoms with van der Waals surface area (Å²) < 4.78 is 22.5. The molecule has 0 radical (unpaired) electrons. The number of aliphatic carboxylic acids is 1. The van der Waals surface area contributed by atoms with Crippen molar-refractivity contribution in [2.24, 2.45) is 5.92 Å². The lowest BCUT2D eigenvalue weighted by Gasteiger charge is -2.23. The van der Waals surface area contributed by atoms with Crippen LogP contribution in [0.15, 0.2) is 24.3 Å². The van der Waals surface area contributed by atoms with Gasteiger partial charge in [0.1, 0.15) is 0 Å². The zero-order valence-electron chi connectivity index (χ0n) is 11.7. The first-order valence-corrected chi connectivity index (χ1v) is 7.96. The standard InChI is InChI=1S/C14H20O4S/c1-10(13(15)16)9-11-5-7-12(8-6-11)14(2,3)19(4,17)18/h5-8,10H,9H2,1-4H3,(H,15,16). The number of hydrogen-bond acceptors (Lipinski definition) is 3. The van der Waals surface area contributed by atoms with Crippen LogP contribution < -0.4 is 0 Å². The number of hydrogen-bond donors (Lipinski definition) is 1. The first kappa shape index (κ1) is 15.7. The predicted octanol–water partition coefficient (Wildman–Crippen LogP) is 2.23. The minimum absolute atomic E-state index is 0.439. The zero-order chi connectivity index (χ0) is 14.8. The highest BCUT2D eigenvalue weighted by molar-refractivity contribution is 7.91. The number of benzene rings is 1. The molecule has 0 aliphatic carbocycles. The summed E-state index contributed by atoms with van der Waals surface area (Å²) in [4.78, 5) is 10.8. The average Bonchev–Trinajstić information content (AvgIpc) is 2.28.